The lowest BCUT2D eigenvalue weighted by Crippen LogP contribution is -1.99. The molecule has 0 aliphatic carbocycles. The largest absolute Gasteiger partial charge is 0.269 e. The van der Waals surface area contributed by atoms with Crippen molar-refractivity contribution >= 4 is 11.3 Å². The third-order valence-corrected chi connectivity index (χ3v) is 2.75. The van der Waals surface area contributed by atoms with Gasteiger partial charge >= 0.3 is 0 Å². The molecule has 0 N–H and O–H groups in total. The molecular weight excluding hydrogens is 246 g/mol. The molecule has 0 atom stereocenters. The summed E-state index contributed by atoms with van der Waals surface area (Å²) in [5, 5.41) is 22.8. The molecule has 3 aromatic rings. The van der Waals surface area contributed by atoms with Crippen molar-refractivity contribution < 1.29 is 4.92 Å². The molecule has 2 aromatic heterocycles. The molecule has 7 nitrogen and oxygen atoms in total. The van der Waals surface area contributed by atoms with Crippen molar-refractivity contribution in [2.24, 2.45) is 0 Å². The number of hydrogen-bond acceptors (Lipinski definition) is 5. The Morgan fingerprint density at radius 3 is 2.68 bits per heavy atom. The van der Waals surface area contributed by atoms with E-state index < -0.39 is 4.92 Å². The summed E-state index contributed by atoms with van der Waals surface area (Å²) in [6.07, 6.45) is 2.19. The molecule has 0 radical (unpaired) electrons. The van der Waals surface area contributed by atoms with Crippen LogP contribution in [-0.2, 0) is 6.42 Å². The normalized spacial score (nSPS) is 10.7. The maximum Gasteiger partial charge on any atom is 0.269 e. The van der Waals surface area contributed by atoms with Gasteiger partial charge in [0, 0.05) is 24.8 Å². The van der Waals surface area contributed by atoms with Gasteiger partial charge in [-0.1, -0.05) is 12.1 Å². The van der Waals surface area contributed by atoms with Crippen LogP contribution in [0, 0.1) is 10.1 Å². The maximum absolute atomic E-state index is 10.6. The molecular formula is C12H9N5O2. The Hall–Kier alpha value is -2.83. The number of benzene rings is 1. The van der Waals surface area contributed by atoms with Gasteiger partial charge < -0.3 is 0 Å². The summed E-state index contributed by atoms with van der Waals surface area (Å²) in [4.78, 5) is 10.2. The van der Waals surface area contributed by atoms with Crippen LogP contribution < -0.4 is 0 Å². The number of non-ortho nitro benzene ring substituents is 1. The Morgan fingerprint density at radius 1 is 1.16 bits per heavy atom. The summed E-state index contributed by atoms with van der Waals surface area (Å²) in [6.45, 7) is 0. The average molecular weight is 255 g/mol. The molecule has 0 aliphatic rings. The van der Waals surface area contributed by atoms with Crippen molar-refractivity contribution in [1.82, 2.24) is 19.8 Å². The van der Waals surface area contributed by atoms with Gasteiger partial charge in [-0.05, 0) is 17.7 Å². The van der Waals surface area contributed by atoms with Gasteiger partial charge in [-0.25, -0.2) is 0 Å². The van der Waals surface area contributed by atoms with E-state index in [1.807, 2.05) is 6.07 Å². The monoisotopic (exact) mass is 255 g/mol. The number of aromatic nitrogens is 4. The van der Waals surface area contributed by atoms with Crippen LogP contribution in [0.3, 0.4) is 0 Å². The van der Waals surface area contributed by atoms with Crippen LogP contribution in [0.4, 0.5) is 5.69 Å². The van der Waals surface area contributed by atoms with Gasteiger partial charge in [-0.3, -0.25) is 10.1 Å². The van der Waals surface area contributed by atoms with E-state index in [0.717, 1.165) is 5.56 Å². The third-order valence-electron chi connectivity index (χ3n) is 2.75. The van der Waals surface area contributed by atoms with E-state index in [-0.39, 0.29) is 5.69 Å². The molecule has 0 saturated heterocycles. The zero-order valence-electron chi connectivity index (χ0n) is 9.80. The standard InChI is InChI=1S/C12H9N5O2/c18-17(19)10-5-3-9(4-6-10)8-12-15-14-11-2-1-7-13-16(11)12/h1-7H,8H2. The molecule has 0 saturated carbocycles. The first-order valence-corrected chi connectivity index (χ1v) is 5.63. The second-order valence-corrected chi connectivity index (χ2v) is 4.01. The Balaban J connectivity index is 1.90. The second kappa shape index (κ2) is 4.45. The highest BCUT2D eigenvalue weighted by Gasteiger charge is 2.08. The number of rotatable bonds is 3. The van der Waals surface area contributed by atoms with Crippen LogP contribution in [0.5, 0.6) is 0 Å². The van der Waals surface area contributed by atoms with Crippen LogP contribution in [0.25, 0.3) is 5.65 Å². The van der Waals surface area contributed by atoms with E-state index in [9.17, 15) is 10.1 Å². The number of fused-ring (bicyclic) bond motifs is 1. The molecule has 3 rings (SSSR count). The number of nitro groups is 1. The SMILES string of the molecule is O=[N+]([O-])c1ccc(Cc2nnc3cccnn23)cc1. The highest BCUT2D eigenvalue weighted by Crippen LogP contribution is 2.14. The molecule has 1 aromatic carbocycles. The van der Waals surface area contributed by atoms with Gasteiger partial charge in [0.1, 0.15) is 0 Å². The summed E-state index contributed by atoms with van der Waals surface area (Å²) in [7, 11) is 0. The van der Waals surface area contributed by atoms with E-state index in [4.69, 9.17) is 0 Å². The minimum Gasteiger partial charge on any atom is -0.258 e. The predicted octanol–water partition coefficient (Wildman–Crippen LogP) is 1.62. The first kappa shape index (κ1) is 11.3. The predicted molar refractivity (Wildman–Crippen MR) is 66.7 cm³/mol. The van der Waals surface area contributed by atoms with E-state index in [2.05, 4.69) is 15.3 Å². The minimum absolute atomic E-state index is 0.0768. The van der Waals surface area contributed by atoms with Crippen molar-refractivity contribution in [2.75, 3.05) is 0 Å². The minimum atomic E-state index is -0.419. The molecule has 94 valence electrons. The van der Waals surface area contributed by atoms with Gasteiger partial charge in [0.15, 0.2) is 11.5 Å². The van der Waals surface area contributed by atoms with Gasteiger partial charge in [0.2, 0.25) is 0 Å². The Kier molecular flexibility index (Phi) is 2.64. The van der Waals surface area contributed by atoms with E-state index in [0.29, 0.717) is 17.9 Å². The van der Waals surface area contributed by atoms with Crippen LogP contribution in [-0.4, -0.2) is 24.7 Å². The van der Waals surface area contributed by atoms with Crippen molar-refractivity contribution in [2.45, 2.75) is 6.42 Å². The molecule has 0 fully saturated rings. The molecule has 0 aliphatic heterocycles. The van der Waals surface area contributed by atoms with Gasteiger partial charge in [-0.2, -0.15) is 9.61 Å². The third kappa shape index (κ3) is 2.13. The zero-order chi connectivity index (χ0) is 13.2. The molecule has 2 heterocycles. The number of hydrogen-bond donors (Lipinski definition) is 0. The molecule has 19 heavy (non-hydrogen) atoms. The van der Waals surface area contributed by atoms with Crippen LogP contribution in [0.1, 0.15) is 11.4 Å². The topological polar surface area (TPSA) is 86.2 Å². The van der Waals surface area contributed by atoms with Crippen molar-refractivity contribution in [3.63, 3.8) is 0 Å². The maximum atomic E-state index is 10.6. The van der Waals surface area contributed by atoms with Crippen LogP contribution in [0.15, 0.2) is 42.6 Å². The number of nitrogens with zero attached hydrogens (tertiary/aromatic N) is 5. The molecule has 0 spiro atoms. The van der Waals surface area contributed by atoms with Crippen LogP contribution in [0.2, 0.25) is 0 Å². The first-order valence-electron chi connectivity index (χ1n) is 5.63. The summed E-state index contributed by atoms with van der Waals surface area (Å²) in [5.41, 5.74) is 1.68. The fourth-order valence-electron chi connectivity index (χ4n) is 1.82. The first-order chi connectivity index (χ1) is 9.24. The summed E-state index contributed by atoms with van der Waals surface area (Å²) < 4.78 is 1.65. The summed E-state index contributed by atoms with van der Waals surface area (Å²) >= 11 is 0. The summed E-state index contributed by atoms with van der Waals surface area (Å²) in [6, 6.07) is 9.99. The quantitative estimate of drug-likeness (QED) is 0.524. The second-order valence-electron chi connectivity index (χ2n) is 4.01. The van der Waals surface area contributed by atoms with E-state index in [1.54, 1.807) is 28.9 Å². The van der Waals surface area contributed by atoms with Gasteiger partial charge in [0.25, 0.3) is 5.69 Å². The molecule has 0 amide bonds. The zero-order valence-corrected chi connectivity index (χ0v) is 9.80. The highest BCUT2D eigenvalue weighted by atomic mass is 16.6. The average Bonchev–Trinajstić information content (AvgIpc) is 2.83. The smallest absolute Gasteiger partial charge is 0.258 e. The Bertz CT molecular complexity index is 735. The lowest BCUT2D eigenvalue weighted by Gasteiger charge is -1.99. The molecule has 0 bridgehead atoms. The van der Waals surface area contributed by atoms with Crippen LogP contribution >= 0.6 is 0 Å². The van der Waals surface area contributed by atoms with Crippen molar-refractivity contribution in [3.05, 3.63) is 64.1 Å². The Labute approximate surface area is 107 Å². The lowest BCUT2D eigenvalue weighted by atomic mass is 10.1. The van der Waals surface area contributed by atoms with Gasteiger partial charge in [0.05, 0.1) is 4.92 Å². The lowest BCUT2D eigenvalue weighted by molar-refractivity contribution is -0.384. The molecule has 0 unspecified atom stereocenters. The van der Waals surface area contributed by atoms with Crippen molar-refractivity contribution in [1.29, 1.82) is 0 Å². The van der Waals surface area contributed by atoms with E-state index >= 15 is 0 Å². The number of nitro benzene ring substituents is 1. The van der Waals surface area contributed by atoms with E-state index in [1.165, 1.54) is 12.1 Å². The van der Waals surface area contributed by atoms with Crippen molar-refractivity contribution in [3.8, 4) is 0 Å². The van der Waals surface area contributed by atoms with Gasteiger partial charge in [-0.15, -0.1) is 10.2 Å². The fourth-order valence-corrected chi connectivity index (χ4v) is 1.82. The Morgan fingerprint density at radius 2 is 1.95 bits per heavy atom. The fraction of sp³-hybridized carbons (Fsp3) is 0.0833. The molecule has 7 heteroatoms. The summed E-state index contributed by atoms with van der Waals surface area (Å²) in [5.74, 6) is 0.699. The highest BCUT2D eigenvalue weighted by molar-refractivity contribution is 5.37.